The molecule has 71 valence electrons. The van der Waals surface area contributed by atoms with E-state index in [9.17, 15) is 8.42 Å². The molecule has 0 aliphatic rings. The minimum absolute atomic E-state index is 0. The van der Waals surface area contributed by atoms with Crippen LogP contribution in [0.25, 0.3) is 0 Å². The van der Waals surface area contributed by atoms with Gasteiger partial charge in [0.2, 0.25) is 0 Å². The van der Waals surface area contributed by atoms with E-state index in [0.717, 1.165) is 0 Å². The molecule has 0 saturated heterocycles. The van der Waals surface area contributed by atoms with Crippen molar-refractivity contribution in [2.75, 3.05) is 0 Å². The maximum absolute atomic E-state index is 10.7. The van der Waals surface area contributed by atoms with Crippen molar-refractivity contribution < 1.29 is 13.0 Å². The number of rotatable bonds is 2. The summed E-state index contributed by atoms with van der Waals surface area (Å²) in [5.41, 5.74) is 0.00694. The molecule has 8 heteroatoms. The molecule has 3 N–H and O–H groups in total. The fourth-order valence-corrected chi connectivity index (χ4v) is 1.44. The Labute approximate surface area is 103 Å². The Bertz CT molecular complexity index is 432. The van der Waals surface area contributed by atoms with Crippen LogP contribution in [-0.2, 0) is 10.1 Å². The molecule has 1 aromatic carbocycles. The van der Waals surface area contributed by atoms with Crippen molar-refractivity contribution in [1.82, 2.24) is 0 Å². The maximum atomic E-state index is 10.7. The average Bonchev–Trinajstić information content (AvgIpc) is 2.04. The van der Waals surface area contributed by atoms with Gasteiger partial charge in [0.15, 0.2) is 0 Å². The molecule has 0 atom stereocenters. The zero-order valence-corrected chi connectivity index (χ0v) is 10.3. The quantitative estimate of drug-likeness (QED) is 0.251. The van der Waals surface area contributed by atoms with Crippen LogP contribution in [0.4, 0.5) is 5.69 Å². The van der Waals surface area contributed by atoms with Gasteiger partial charge < -0.3 is 5.84 Å². The predicted octanol–water partition coefficient (Wildman–Crippen LogP) is 0.510. The smallest absolute Gasteiger partial charge is 0.296 e. The van der Waals surface area contributed by atoms with E-state index in [1.807, 2.05) is 0 Å². The fraction of sp³-hybridized carbons (Fsp3) is 0. The summed E-state index contributed by atoms with van der Waals surface area (Å²) in [6.45, 7) is 0. The standard InChI is InChI=1S/C6H7N3O3S.Na/c7-9-8-5-3-1-2-4-6(5)13(10,11)12;/h1-4H,(H2,7,8)(H,10,11,12);. The summed E-state index contributed by atoms with van der Waals surface area (Å²) in [7, 11) is -4.26. The topological polar surface area (TPSA) is 105 Å². The van der Waals surface area contributed by atoms with Gasteiger partial charge in [-0.2, -0.15) is 8.42 Å². The van der Waals surface area contributed by atoms with Crippen LogP contribution < -0.4 is 5.84 Å². The van der Waals surface area contributed by atoms with Gasteiger partial charge in [0.05, 0.1) is 0 Å². The second-order valence-electron chi connectivity index (χ2n) is 2.16. The van der Waals surface area contributed by atoms with Crippen LogP contribution >= 0.6 is 0 Å². The molecule has 0 aliphatic carbocycles. The normalized spacial score (nSPS) is 11.2. The maximum Gasteiger partial charge on any atom is 0.296 e. The Hall–Kier alpha value is -0.470. The van der Waals surface area contributed by atoms with Crippen LogP contribution in [0.1, 0.15) is 0 Å². The molecule has 0 fully saturated rings. The van der Waals surface area contributed by atoms with Gasteiger partial charge >= 0.3 is 0 Å². The first-order chi connectivity index (χ1) is 6.05. The van der Waals surface area contributed by atoms with Crippen molar-refractivity contribution in [1.29, 1.82) is 0 Å². The second kappa shape index (κ2) is 5.42. The van der Waals surface area contributed by atoms with Crippen LogP contribution in [0.2, 0.25) is 0 Å². The number of nitrogens with two attached hydrogens (primary N) is 1. The summed E-state index contributed by atoms with van der Waals surface area (Å²) in [6.07, 6.45) is 0. The van der Waals surface area contributed by atoms with Gasteiger partial charge in [-0.05, 0) is 12.1 Å². The summed E-state index contributed by atoms with van der Waals surface area (Å²) in [6, 6.07) is 5.59. The van der Waals surface area contributed by atoms with E-state index >= 15 is 0 Å². The van der Waals surface area contributed by atoms with Crippen LogP contribution in [0, 0.1) is 0 Å². The van der Waals surface area contributed by atoms with E-state index in [2.05, 4.69) is 10.3 Å². The number of nitrogens with zero attached hydrogens (tertiary/aromatic N) is 2. The van der Waals surface area contributed by atoms with Crippen molar-refractivity contribution in [2.24, 2.45) is 16.2 Å². The van der Waals surface area contributed by atoms with Crippen molar-refractivity contribution in [3.8, 4) is 0 Å². The van der Waals surface area contributed by atoms with Crippen LogP contribution in [0.5, 0.6) is 0 Å². The summed E-state index contributed by atoms with van der Waals surface area (Å²) in [4.78, 5) is -0.316. The molecule has 1 radical (unpaired) electrons. The average molecular weight is 224 g/mol. The number of hydrogen-bond donors (Lipinski definition) is 2. The molecule has 0 aliphatic heterocycles. The summed E-state index contributed by atoms with van der Waals surface area (Å²) >= 11 is 0. The van der Waals surface area contributed by atoms with Gasteiger partial charge in [-0.1, -0.05) is 17.4 Å². The first kappa shape index (κ1) is 13.5. The molecule has 6 nitrogen and oxygen atoms in total. The van der Waals surface area contributed by atoms with E-state index in [1.165, 1.54) is 18.2 Å². The third-order valence-corrected chi connectivity index (χ3v) is 2.21. The largest absolute Gasteiger partial charge is 0.305 e. The minimum Gasteiger partial charge on any atom is -0.305 e. The molecule has 0 heterocycles. The molecule has 0 saturated carbocycles. The van der Waals surface area contributed by atoms with Crippen molar-refractivity contribution >= 4 is 45.4 Å². The van der Waals surface area contributed by atoms with Crippen LogP contribution in [-0.4, -0.2) is 42.5 Å². The summed E-state index contributed by atoms with van der Waals surface area (Å²) in [5, 5.41) is 6.27. The molecule has 0 spiro atoms. The molecule has 1 rings (SSSR count). The first-order valence-corrected chi connectivity index (χ1v) is 4.67. The Morgan fingerprint density at radius 2 is 1.86 bits per heavy atom. The van der Waals surface area contributed by atoms with E-state index in [-0.39, 0.29) is 40.1 Å². The molecule has 0 unspecified atom stereocenters. The van der Waals surface area contributed by atoms with Crippen molar-refractivity contribution in [3.63, 3.8) is 0 Å². The van der Waals surface area contributed by atoms with E-state index in [4.69, 9.17) is 10.4 Å². The molecule has 0 amide bonds. The third kappa shape index (κ3) is 3.35. The zero-order chi connectivity index (χ0) is 9.90. The fourth-order valence-electron chi connectivity index (χ4n) is 0.820. The Balaban J connectivity index is 0.00000169. The first-order valence-electron chi connectivity index (χ1n) is 3.23. The monoisotopic (exact) mass is 224 g/mol. The Morgan fingerprint density at radius 1 is 1.29 bits per heavy atom. The van der Waals surface area contributed by atoms with Gasteiger partial charge in [-0.15, -0.1) is 5.11 Å². The molecule has 1 aromatic rings. The van der Waals surface area contributed by atoms with Gasteiger partial charge in [0.25, 0.3) is 10.1 Å². The Kier molecular flexibility index (Phi) is 5.24. The molecule has 14 heavy (non-hydrogen) atoms. The number of benzene rings is 1. The van der Waals surface area contributed by atoms with Gasteiger partial charge in [-0.25, -0.2) is 0 Å². The SMILES string of the molecule is NN=Nc1ccccc1S(=O)(=O)O.[Na]. The van der Waals surface area contributed by atoms with Gasteiger partial charge in [0, 0.05) is 29.6 Å². The van der Waals surface area contributed by atoms with Gasteiger partial charge in [0.1, 0.15) is 10.6 Å². The Morgan fingerprint density at radius 3 is 2.36 bits per heavy atom. The van der Waals surface area contributed by atoms with E-state index < -0.39 is 10.1 Å². The van der Waals surface area contributed by atoms with Crippen LogP contribution in [0.15, 0.2) is 39.5 Å². The van der Waals surface area contributed by atoms with E-state index in [1.54, 1.807) is 6.07 Å². The summed E-state index contributed by atoms with van der Waals surface area (Å²) in [5.74, 6) is 4.75. The predicted molar refractivity (Wildman–Crippen MR) is 50.7 cm³/mol. The van der Waals surface area contributed by atoms with E-state index in [0.29, 0.717) is 0 Å². The summed E-state index contributed by atoms with van der Waals surface area (Å²) < 4.78 is 30.2. The van der Waals surface area contributed by atoms with Crippen LogP contribution in [0.3, 0.4) is 0 Å². The zero-order valence-electron chi connectivity index (χ0n) is 7.45. The number of hydrogen-bond acceptors (Lipinski definition) is 4. The minimum atomic E-state index is -4.26. The second-order valence-corrected chi connectivity index (χ2v) is 3.55. The van der Waals surface area contributed by atoms with Gasteiger partial charge in [-0.3, -0.25) is 4.55 Å². The molecular formula is C6H7N3NaO3S. The molecule has 0 aromatic heterocycles. The van der Waals surface area contributed by atoms with Crippen molar-refractivity contribution in [2.45, 2.75) is 4.90 Å². The molecular weight excluding hydrogens is 217 g/mol. The third-order valence-electron chi connectivity index (χ3n) is 1.31. The molecule has 0 bridgehead atoms. The van der Waals surface area contributed by atoms with Crippen molar-refractivity contribution in [3.05, 3.63) is 24.3 Å².